The van der Waals surface area contributed by atoms with Crippen molar-refractivity contribution in [3.63, 3.8) is 0 Å². The second-order valence-corrected chi connectivity index (χ2v) is 4.38. The predicted octanol–water partition coefficient (Wildman–Crippen LogP) is 1.30. The van der Waals surface area contributed by atoms with Crippen molar-refractivity contribution in [3.8, 4) is 0 Å². The van der Waals surface area contributed by atoms with E-state index in [2.05, 4.69) is 20.5 Å². The highest BCUT2D eigenvalue weighted by Crippen LogP contribution is 2.08. The van der Waals surface area contributed by atoms with Crippen molar-refractivity contribution < 1.29 is 4.74 Å². The van der Waals surface area contributed by atoms with Crippen LogP contribution in [0.5, 0.6) is 0 Å². The first-order chi connectivity index (χ1) is 7.93. The van der Waals surface area contributed by atoms with Crippen molar-refractivity contribution in [2.45, 2.75) is 24.9 Å². The van der Waals surface area contributed by atoms with Crippen LogP contribution in [0.1, 0.15) is 19.8 Å². The lowest BCUT2D eigenvalue weighted by molar-refractivity contribution is 0.143. The molecule has 1 heterocycles. The van der Waals surface area contributed by atoms with Crippen LogP contribution in [0.2, 0.25) is 0 Å². The van der Waals surface area contributed by atoms with Crippen molar-refractivity contribution in [2.24, 2.45) is 0 Å². The van der Waals surface area contributed by atoms with E-state index in [9.17, 15) is 0 Å². The minimum Gasteiger partial charge on any atom is -0.382 e. The van der Waals surface area contributed by atoms with Crippen LogP contribution in [0.3, 0.4) is 0 Å². The monoisotopic (exact) mass is 244 g/mol. The third-order valence-corrected chi connectivity index (χ3v) is 2.89. The Bertz CT molecular complexity index is 243. The van der Waals surface area contributed by atoms with Crippen LogP contribution >= 0.6 is 11.8 Å². The number of thioether (sulfide) groups is 1. The normalized spacial score (nSPS) is 10.8. The largest absolute Gasteiger partial charge is 0.382 e. The van der Waals surface area contributed by atoms with Crippen LogP contribution in [0.15, 0.2) is 11.5 Å². The molecule has 0 spiro atoms. The first-order valence-electron chi connectivity index (χ1n) is 5.70. The zero-order valence-electron chi connectivity index (χ0n) is 9.74. The molecule has 0 fully saturated rings. The van der Waals surface area contributed by atoms with Crippen LogP contribution in [0, 0.1) is 0 Å². The van der Waals surface area contributed by atoms with Gasteiger partial charge in [-0.2, -0.15) is 5.10 Å². The number of H-pyrrole nitrogens is 1. The molecule has 0 atom stereocenters. The summed E-state index contributed by atoms with van der Waals surface area (Å²) in [6.45, 7) is 5.79. The fourth-order valence-electron chi connectivity index (χ4n) is 1.21. The molecule has 1 rings (SSSR count). The van der Waals surface area contributed by atoms with E-state index >= 15 is 0 Å². The molecule has 6 heteroatoms. The van der Waals surface area contributed by atoms with Gasteiger partial charge in [0.25, 0.3) is 0 Å². The molecular weight excluding hydrogens is 224 g/mol. The Hall–Kier alpha value is -0.590. The summed E-state index contributed by atoms with van der Waals surface area (Å²) in [7, 11) is 0. The smallest absolute Gasteiger partial charge is 0.183 e. The molecule has 92 valence electrons. The quantitative estimate of drug-likeness (QED) is 0.480. The summed E-state index contributed by atoms with van der Waals surface area (Å²) >= 11 is 1.68. The van der Waals surface area contributed by atoms with Crippen LogP contribution in [-0.2, 0) is 4.74 Å². The molecule has 0 bridgehead atoms. The number of hydrogen-bond acceptors (Lipinski definition) is 5. The van der Waals surface area contributed by atoms with Gasteiger partial charge in [-0.05, 0) is 26.3 Å². The number of aromatic nitrogens is 3. The second-order valence-electron chi connectivity index (χ2n) is 3.29. The number of nitrogens with one attached hydrogen (secondary N) is 2. The summed E-state index contributed by atoms with van der Waals surface area (Å²) in [5.74, 6) is 1.01. The van der Waals surface area contributed by atoms with E-state index < -0.39 is 0 Å². The van der Waals surface area contributed by atoms with Crippen molar-refractivity contribution in [3.05, 3.63) is 6.33 Å². The van der Waals surface area contributed by atoms with Crippen LogP contribution in [0.4, 0.5) is 0 Å². The Labute approximate surface area is 101 Å². The Kier molecular flexibility index (Phi) is 8.10. The van der Waals surface area contributed by atoms with Gasteiger partial charge < -0.3 is 10.1 Å². The maximum absolute atomic E-state index is 5.26. The molecule has 0 saturated heterocycles. The summed E-state index contributed by atoms with van der Waals surface area (Å²) in [4.78, 5) is 4.04. The number of hydrogen-bond donors (Lipinski definition) is 2. The average molecular weight is 244 g/mol. The topological polar surface area (TPSA) is 62.8 Å². The van der Waals surface area contributed by atoms with E-state index in [-0.39, 0.29) is 0 Å². The summed E-state index contributed by atoms with van der Waals surface area (Å²) in [5.41, 5.74) is 0. The summed E-state index contributed by atoms with van der Waals surface area (Å²) in [5, 5.41) is 10.9. The first kappa shape index (κ1) is 13.5. The van der Waals surface area contributed by atoms with E-state index in [0.717, 1.165) is 43.6 Å². The molecule has 0 unspecified atom stereocenters. The lowest BCUT2D eigenvalue weighted by Crippen LogP contribution is -2.18. The molecule has 0 aliphatic carbocycles. The maximum atomic E-state index is 5.26. The SMILES string of the molecule is CCOCCCCNCCSc1ncn[nH]1. The molecule has 0 saturated carbocycles. The van der Waals surface area contributed by atoms with Gasteiger partial charge in [-0.1, -0.05) is 11.8 Å². The molecule has 0 aliphatic rings. The molecule has 0 amide bonds. The van der Waals surface area contributed by atoms with Crippen LogP contribution < -0.4 is 5.32 Å². The minimum absolute atomic E-state index is 0.821. The average Bonchev–Trinajstić information content (AvgIpc) is 2.80. The number of aromatic amines is 1. The third kappa shape index (κ3) is 6.81. The Morgan fingerprint density at radius 3 is 3.12 bits per heavy atom. The van der Waals surface area contributed by atoms with E-state index in [4.69, 9.17) is 4.74 Å². The zero-order chi connectivity index (χ0) is 11.5. The summed E-state index contributed by atoms with van der Waals surface area (Å²) in [6.07, 6.45) is 3.84. The van der Waals surface area contributed by atoms with Crippen molar-refractivity contribution in [1.82, 2.24) is 20.5 Å². The fourth-order valence-corrected chi connectivity index (χ4v) is 1.89. The third-order valence-electron chi connectivity index (χ3n) is 2.01. The van der Waals surface area contributed by atoms with Gasteiger partial charge in [-0.15, -0.1) is 0 Å². The van der Waals surface area contributed by atoms with E-state index in [1.54, 1.807) is 11.8 Å². The van der Waals surface area contributed by atoms with Gasteiger partial charge in [0.1, 0.15) is 6.33 Å². The molecule has 0 radical (unpaired) electrons. The van der Waals surface area contributed by atoms with Crippen LogP contribution in [-0.4, -0.2) is 47.2 Å². The predicted molar refractivity (Wildman–Crippen MR) is 65.7 cm³/mol. The minimum atomic E-state index is 0.821. The molecular formula is C10H20N4OS. The number of rotatable bonds is 10. The fraction of sp³-hybridized carbons (Fsp3) is 0.800. The highest BCUT2D eigenvalue weighted by Gasteiger charge is 1.95. The molecule has 0 aromatic carbocycles. The molecule has 0 aliphatic heterocycles. The molecule has 1 aromatic rings. The van der Waals surface area contributed by atoms with Gasteiger partial charge in [0, 0.05) is 25.5 Å². The Morgan fingerprint density at radius 1 is 1.44 bits per heavy atom. The molecule has 2 N–H and O–H groups in total. The van der Waals surface area contributed by atoms with E-state index in [0.29, 0.717) is 0 Å². The Morgan fingerprint density at radius 2 is 2.38 bits per heavy atom. The number of nitrogens with zero attached hydrogens (tertiary/aromatic N) is 2. The first-order valence-corrected chi connectivity index (χ1v) is 6.68. The van der Waals surface area contributed by atoms with Crippen molar-refractivity contribution in [2.75, 3.05) is 32.1 Å². The summed E-state index contributed by atoms with van der Waals surface area (Å²) in [6, 6.07) is 0. The standard InChI is InChI=1S/C10H20N4OS/c1-2-15-7-4-3-5-11-6-8-16-10-12-9-13-14-10/h9,11H,2-8H2,1H3,(H,12,13,14). The van der Waals surface area contributed by atoms with Gasteiger partial charge >= 0.3 is 0 Å². The van der Waals surface area contributed by atoms with Crippen LogP contribution in [0.25, 0.3) is 0 Å². The van der Waals surface area contributed by atoms with Gasteiger partial charge in [0.15, 0.2) is 5.16 Å². The lowest BCUT2D eigenvalue weighted by atomic mass is 10.3. The molecule has 16 heavy (non-hydrogen) atoms. The lowest BCUT2D eigenvalue weighted by Gasteiger charge is -2.03. The zero-order valence-corrected chi connectivity index (χ0v) is 10.6. The van der Waals surface area contributed by atoms with E-state index in [1.165, 1.54) is 12.7 Å². The molecule has 1 aromatic heterocycles. The molecule has 5 nitrogen and oxygen atoms in total. The van der Waals surface area contributed by atoms with Gasteiger partial charge in [0.2, 0.25) is 0 Å². The highest BCUT2D eigenvalue weighted by atomic mass is 32.2. The van der Waals surface area contributed by atoms with Gasteiger partial charge in [-0.3, -0.25) is 5.10 Å². The maximum Gasteiger partial charge on any atom is 0.183 e. The van der Waals surface area contributed by atoms with Gasteiger partial charge in [0.05, 0.1) is 0 Å². The van der Waals surface area contributed by atoms with Crippen molar-refractivity contribution in [1.29, 1.82) is 0 Å². The number of ether oxygens (including phenoxy) is 1. The second kappa shape index (κ2) is 9.62. The highest BCUT2D eigenvalue weighted by molar-refractivity contribution is 7.99. The Balaban J connectivity index is 1.78. The number of unbranched alkanes of at least 4 members (excludes halogenated alkanes) is 1. The van der Waals surface area contributed by atoms with Gasteiger partial charge in [-0.25, -0.2) is 4.98 Å². The summed E-state index contributed by atoms with van der Waals surface area (Å²) < 4.78 is 5.26. The van der Waals surface area contributed by atoms with Crippen molar-refractivity contribution >= 4 is 11.8 Å². The van der Waals surface area contributed by atoms with E-state index in [1.807, 2.05) is 6.92 Å².